The summed E-state index contributed by atoms with van der Waals surface area (Å²) in [6, 6.07) is -2.09. The standard InChI is InChI=1S/C28H41N5O5/c1-16-13-30-25(38-16)32-21(26(2,3)4)24(37)33-15-28(14-27(28)9-6-10-27)12-19(33)23(36)31-18(20(34)22(29)35)11-17-7-5-8-17/h13,17-19,21H,5-12,14-15H2,1-4H3,(H2,29,35)(H,30,32)(H,31,36)/t18?,19-,21+,28-/m0/s1. The summed E-state index contributed by atoms with van der Waals surface area (Å²) < 4.78 is 5.61. The molecule has 3 saturated carbocycles. The van der Waals surface area contributed by atoms with Crippen molar-refractivity contribution >= 4 is 29.5 Å². The van der Waals surface area contributed by atoms with Crippen molar-refractivity contribution in [3.8, 4) is 0 Å². The van der Waals surface area contributed by atoms with Crippen molar-refractivity contribution in [3.05, 3.63) is 12.0 Å². The molecule has 4 aliphatic rings. The topological polar surface area (TPSA) is 148 Å². The zero-order valence-corrected chi connectivity index (χ0v) is 23.0. The molecule has 10 heteroatoms. The quantitative estimate of drug-likeness (QED) is 0.418. The Morgan fingerprint density at radius 1 is 1.18 bits per heavy atom. The van der Waals surface area contributed by atoms with Crippen LogP contribution in [0.3, 0.4) is 0 Å². The number of hydrogen-bond donors (Lipinski definition) is 3. The molecule has 0 bridgehead atoms. The largest absolute Gasteiger partial charge is 0.429 e. The van der Waals surface area contributed by atoms with E-state index in [-0.39, 0.29) is 34.6 Å². The van der Waals surface area contributed by atoms with Gasteiger partial charge in [0, 0.05) is 6.54 Å². The number of likely N-dealkylation sites (tertiary alicyclic amines) is 1. The zero-order chi connectivity index (χ0) is 27.5. The van der Waals surface area contributed by atoms with E-state index in [1.807, 2.05) is 20.8 Å². The van der Waals surface area contributed by atoms with E-state index in [0.29, 0.717) is 25.1 Å². The lowest BCUT2D eigenvalue weighted by Gasteiger charge is -2.36. The van der Waals surface area contributed by atoms with E-state index in [2.05, 4.69) is 15.6 Å². The summed E-state index contributed by atoms with van der Waals surface area (Å²) in [5, 5.41) is 6.02. The predicted molar refractivity (Wildman–Crippen MR) is 140 cm³/mol. The number of primary amides is 1. The Balaban J connectivity index is 1.39. The van der Waals surface area contributed by atoms with Gasteiger partial charge in [-0.3, -0.25) is 19.2 Å². The fourth-order valence-electron chi connectivity index (χ4n) is 6.97. The van der Waals surface area contributed by atoms with Gasteiger partial charge in [0.25, 0.3) is 11.9 Å². The van der Waals surface area contributed by atoms with Crippen molar-refractivity contribution in [2.45, 2.75) is 104 Å². The molecule has 1 aromatic heterocycles. The first-order chi connectivity index (χ1) is 17.8. The van der Waals surface area contributed by atoms with Crippen LogP contribution in [0.2, 0.25) is 0 Å². The van der Waals surface area contributed by atoms with Crippen molar-refractivity contribution in [1.82, 2.24) is 15.2 Å². The average molecular weight is 528 g/mol. The number of nitrogens with zero attached hydrogens (tertiary/aromatic N) is 2. The highest BCUT2D eigenvalue weighted by atomic mass is 16.4. The molecule has 4 N–H and O–H groups in total. The highest BCUT2D eigenvalue weighted by Gasteiger charge is 2.73. The molecule has 2 heterocycles. The fourth-order valence-corrected chi connectivity index (χ4v) is 6.97. The van der Waals surface area contributed by atoms with Crippen LogP contribution >= 0.6 is 0 Å². The van der Waals surface area contributed by atoms with Gasteiger partial charge >= 0.3 is 0 Å². The Morgan fingerprint density at radius 3 is 2.37 bits per heavy atom. The molecular weight excluding hydrogens is 486 g/mol. The van der Waals surface area contributed by atoms with Gasteiger partial charge in [0.15, 0.2) is 0 Å². The van der Waals surface area contributed by atoms with E-state index >= 15 is 0 Å². The van der Waals surface area contributed by atoms with Gasteiger partial charge in [0.05, 0.1) is 12.2 Å². The third-order valence-electron chi connectivity index (χ3n) is 9.68. The molecule has 1 aliphatic heterocycles. The number of anilines is 1. The molecule has 4 atom stereocenters. The van der Waals surface area contributed by atoms with Gasteiger partial charge in [0.1, 0.15) is 17.8 Å². The SMILES string of the molecule is Cc1cnc(N[C@H](C(=O)N2C[C@]3(C[C@H]2C(=O)NC(CC2CCC2)C(=O)C(N)=O)CC32CCC2)C(C)(C)C)o1. The second-order valence-corrected chi connectivity index (χ2v) is 13.3. The monoisotopic (exact) mass is 527 g/mol. The van der Waals surface area contributed by atoms with Gasteiger partial charge in [-0.2, -0.15) is 0 Å². The molecule has 208 valence electrons. The van der Waals surface area contributed by atoms with E-state index in [9.17, 15) is 19.2 Å². The van der Waals surface area contributed by atoms with Gasteiger partial charge < -0.3 is 25.7 Å². The molecule has 0 aromatic carbocycles. The minimum atomic E-state index is -1.04. The number of aryl methyl sites for hydroxylation is 1. The minimum Gasteiger partial charge on any atom is -0.429 e. The van der Waals surface area contributed by atoms with Gasteiger partial charge in [-0.25, -0.2) is 4.98 Å². The van der Waals surface area contributed by atoms with Crippen LogP contribution in [0.15, 0.2) is 10.6 Å². The second kappa shape index (κ2) is 9.38. The number of aromatic nitrogens is 1. The first kappa shape index (κ1) is 26.7. The molecular formula is C28H41N5O5. The maximum Gasteiger partial charge on any atom is 0.295 e. The number of Topliss-reactive ketones (excluding diaryl/α,β-unsaturated/α-hetero) is 1. The number of hydrogen-bond acceptors (Lipinski definition) is 7. The molecule has 5 rings (SSSR count). The van der Waals surface area contributed by atoms with E-state index in [0.717, 1.165) is 38.5 Å². The zero-order valence-electron chi connectivity index (χ0n) is 23.0. The summed E-state index contributed by atoms with van der Waals surface area (Å²) in [5.74, 6) is -1.47. The predicted octanol–water partition coefficient (Wildman–Crippen LogP) is 2.70. The van der Waals surface area contributed by atoms with Crippen molar-refractivity contribution in [2.75, 3.05) is 11.9 Å². The van der Waals surface area contributed by atoms with E-state index in [1.165, 1.54) is 6.42 Å². The molecule has 0 radical (unpaired) electrons. The average Bonchev–Trinajstić information content (AvgIpc) is 3.03. The number of amides is 3. The van der Waals surface area contributed by atoms with Crippen LogP contribution in [0.5, 0.6) is 0 Å². The number of nitrogens with one attached hydrogen (secondary N) is 2. The van der Waals surface area contributed by atoms with Gasteiger partial charge in [-0.05, 0) is 61.2 Å². The number of oxazole rings is 1. The second-order valence-electron chi connectivity index (χ2n) is 13.3. The van der Waals surface area contributed by atoms with Crippen LogP contribution in [0, 0.1) is 29.1 Å². The Kier molecular flexibility index (Phi) is 6.59. The van der Waals surface area contributed by atoms with Gasteiger partial charge in [-0.1, -0.05) is 46.5 Å². The maximum atomic E-state index is 14.2. The number of fused-ring (bicyclic) bond motifs is 1. The Hall–Kier alpha value is -2.91. The summed E-state index contributed by atoms with van der Waals surface area (Å²) >= 11 is 0. The normalized spacial score (nSPS) is 27.4. The van der Waals surface area contributed by atoms with Crippen LogP contribution < -0.4 is 16.4 Å². The summed E-state index contributed by atoms with van der Waals surface area (Å²) in [6.07, 6.45) is 10.0. The number of carbonyl (C=O) groups is 4. The molecule has 3 amide bonds. The molecule has 10 nitrogen and oxygen atoms in total. The third-order valence-corrected chi connectivity index (χ3v) is 9.68. The molecule has 38 heavy (non-hydrogen) atoms. The van der Waals surface area contributed by atoms with Crippen molar-refractivity contribution in [1.29, 1.82) is 0 Å². The molecule has 4 fully saturated rings. The molecule has 1 aromatic rings. The van der Waals surface area contributed by atoms with Crippen LogP contribution in [0.1, 0.15) is 84.3 Å². The van der Waals surface area contributed by atoms with Crippen molar-refractivity contribution < 1.29 is 23.6 Å². The Morgan fingerprint density at radius 2 is 1.89 bits per heavy atom. The smallest absolute Gasteiger partial charge is 0.295 e. The lowest BCUT2D eigenvalue weighted by Crippen LogP contribution is -2.57. The summed E-state index contributed by atoms with van der Waals surface area (Å²) in [4.78, 5) is 58.3. The fraction of sp³-hybridized carbons (Fsp3) is 0.750. The molecule has 1 saturated heterocycles. The summed E-state index contributed by atoms with van der Waals surface area (Å²) in [6.45, 7) is 8.19. The Bertz CT molecular complexity index is 1130. The number of ketones is 1. The summed E-state index contributed by atoms with van der Waals surface area (Å²) in [5.41, 5.74) is 4.98. The third kappa shape index (κ3) is 4.71. The lowest BCUT2D eigenvalue weighted by molar-refractivity contribution is -0.142. The highest BCUT2D eigenvalue weighted by Crippen LogP contribution is 2.77. The van der Waals surface area contributed by atoms with Gasteiger partial charge in [0.2, 0.25) is 17.6 Å². The van der Waals surface area contributed by atoms with E-state index in [4.69, 9.17) is 10.2 Å². The van der Waals surface area contributed by atoms with Gasteiger partial charge in [-0.15, -0.1) is 0 Å². The molecule has 1 unspecified atom stereocenters. The number of carbonyl (C=O) groups excluding carboxylic acids is 4. The highest BCUT2D eigenvalue weighted by molar-refractivity contribution is 6.37. The number of rotatable bonds is 9. The van der Waals surface area contributed by atoms with Crippen LogP contribution in [0.25, 0.3) is 0 Å². The van der Waals surface area contributed by atoms with Crippen molar-refractivity contribution in [3.63, 3.8) is 0 Å². The minimum absolute atomic E-state index is 0.0674. The molecule has 3 aliphatic carbocycles. The first-order valence-corrected chi connectivity index (χ1v) is 14.0. The van der Waals surface area contributed by atoms with Crippen LogP contribution in [-0.4, -0.2) is 58.1 Å². The van der Waals surface area contributed by atoms with E-state index < -0.39 is 35.2 Å². The first-order valence-electron chi connectivity index (χ1n) is 14.0. The van der Waals surface area contributed by atoms with E-state index in [1.54, 1.807) is 18.0 Å². The Labute approximate surface area is 223 Å². The van der Waals surface area contributed by atoms with Crippen LogP contribution in [0.4, 0.5) is 6.01 Å². The molecule has 2 spiro atoms. The van der Waals surface area contributed by atoms with Crippen LogP contribution in [-0.2, 0) is 19.2 Å². The number of nitrogens with two attached hydrogens (primary N) is 1. The maximum absolute atomic E-state index is 14.2. The van der Waals surface area contributed by atoms with Crippen molar-refractivity contribution in [2.24, 2.45) is 27.9 Å². The lowest BCUT2D eigenvalue weighted by atomic mass is 9.74. The summed E-state index contributed by atoms with van der Waals surface area (Å²) in [7, 11) is 0.